The summed E-state index contributed by atoms with van der Waals surface area (Å²) in [4.78, 5) is 16.5. The smallest absolute Gasteiger partial charge is 0.254 e. The molecule has 27 heavy (non-hydrogen) atoms. The molecule has 0 saturated carbocycles. The van der Waals surface area contributed by atoms with Crippen LogP contribution >= 0.6 is 11.3 Å². The van der Waals surface area contributed by atoms with Crippen LogP contribution < -0.4 is 4.90 Å². The molecule has 0 atom stereocenters. The average molecular weight is 406 g/mol. The van der Waals surface area contributed by atoms with E-state index in [1.165, 1.54) is 4.31 Å². The lowest BCUT2D eigenvalue weighted by Crippen LogP contribution is -2.48. The first-order chi connectivity index (χ1) is 13.1. The van der Waals surface area contributed by atoms with E-state index in [-0.39, 0.29) is 10.1 Å². The summed E-state index contributed by atoms with van der Waals surface area (Å²) >= 11 is 1.14. The molecular formula is C19H23N3O3S2. The molecule has 4 rings (SSSR count). The number of benzene rings is 1. The Morgan fingerprint density at radius 2 is 1.59 bits per heavy atom. The zero-order valence-electron chi connectivity index (χ0n) is 15.1. The predicted octanol–water partition coefficient (Wildman–Crippen LogP) is 2.50. The van der Waals surface area contributed by atoms with E-state index in [0.29, 0.717) is 31.7 Å². The highest BCUT2D eigenvalue weighted by Crippen LogP contribution is 2.27. The molecular weight excluding hydrogens is 382 g/mol. The summed E-state index contributed by atoms with van der Waals surface area (Å²) in [6, 6.07) is 11.6. The van der Waals surface area contributed by atoms with Gasteiger partial charge in [0.2, 0.25) is 0 Å². The van der Waals surface area contributed by atoms with E-state index in [1.54, 1.807) is 16.3 Å². The standard InChI is InChI=1S/C19H23N3O3S2/c23-19(21-8-4-5-9-21)16-14-18(26-15-16)27(24,25)22-12-10-20(11-13-22)17-6-2-1-3-7-17/h1-3,6-7,14-15H,4-5,8-13H2. The van der Waals surface area contributed by atoms with Crippen molar-refractivity contribution in [2.45, 2.75) is 17.1 Å². The van der Waals surface area contributed by atoms with Crippen LogP contribution in [-0.2, 0) is 10.0 Å². The van der Waals surface area contributed by atoms with Gasteiger partial charge in [0, 0.05) is 50.3 Å². The highest BCUT2D eigenvalue weighted by atomic mass is 32.2. The maximum absolute atomic E-state index is 13.0. The van der Waals surface area contributed by atoms with Gasteiger partial charge in [0.05, 0.1) is 5.56 Å². The molecule has 0 radical (unpaired) electrons. The number of anilines is 1. The van der Waals surface area contributed by atoms with E-state index in [1.807, 2.05) is 30.3 Å². The molecule has 8 heteroatoms. The molecule has 0 bridgehead atoms. The summed E-state index contributed by atoms with van der Waals surface area (Å²) < 4.78 is 27.8. The number of rotatable bonds is 4. The van der Waals surface area contributed by atoms with E-state index in [9.17, 15) is 13.2 Å². The molecule has 144 valence electrons. The van der Waals surface area contributed by atoms with Gasteiger partial charge in [0.1, 0.15) is 4.21 Å². The van der Waals surface area contributed by atoms with Crippen LogP contribution in [0.4, 0.5) is 5.69 Å². The quantitative estimate of drug-likeness (QED) is 0.784. The number of likely N-dealkylation sites (tertiary alicyclic amines) is 1. The summed E-state index contributed by atoms with van der Waals surface area (Å²) in [6.07, 6.45) is 2.04. The molecule has 0 N–H and O–H groups in total. The van der Waals surface area contributed by atoms with Crippen LogP contribution in [0.5, 0.6) is 0 Å². The van der Waals surface area contributed by atoms with Gasteiger partial charge in [0.15, 0.2) is 0 Å². The molecule has 2 aliphatic rings. The minimum Gasteiger partial charge on any atom is -0.369 e. The second-order valence-electron chi connectivity index (χ2n) is 6.88. The minimum absolute atomic E-state index is 0.0564. The van der Waals surface area contributed by atoms with Gasteiger partial charge in [-0.1, -0.05) is 18.2 Å². The molecule has 0 unspecified atom stereocenters. The maximum Gasteiger partial charge on any atom is 0.254 e. The average Bonchev–Trinajstić information content (AvgIpc) is 3.41. The highest BCUT2D eigenvalue weighted by Gasteiger charge is 2.31. The van der Waals surface area contributed by atoms with Gasteiger partial charge in [-0.05, 0) is 31.0 Å². The molecule has 1 aromatic heterocycles. The van der Waals surface area contributed by atoms with E-state index in [2.05, 4.69) is 4.90 Å². The van der Waals surface area contributed by atoms with Crippen LogP contribution in [0.2, 0.25) is 0 Å². The minimum atomic E-state index is -3.55. The number of hydrogen-bond donors (Lipinski definition) is 0. The summed E-state index contributed by atoms with van der Waals surface area (Å²) in [5, 5.41) is 1.67. The Morgan fingerprint density at radius 1 is 0.926 bits per heavy atom. The SMILES string of the molecule is O=C(c1csc(S(=O)(=O)N2CCN(c3ccccc3)CC2)c1)N1CCCC1. The Labute approximate surface area is 164 Å². The van der Waals surface area contributed by atoms with E-state index < -0.39 is 10.0 Å². The second-order valence-corrected chi connectivity index (χ2v) is 9.96. The molecule has 2 aromatic rings. The van der Waals surface area contributed by atoms with Gasteiger partial charge in [-0.25, -0.2) is 8.42 Å². The summed E-state index contributed by atoms with van der Waals surface area (Å²) in [5.74, 6) is -0.0564. The molecule has 0 spiro atoms. The van der Waals surface area contributed by atoms with Gasteiger partial charge < -0.3 is 9.80 Å². The Kier molecular flexibility index (Phi) is 5.21. The van der Waals surface area contributed by atoms with Gasteiger partial charge in [-0.3, -0.25) is 4.79 Å². The van der Waals surface area contributed by atoms with Crippen molar-refractivity contribution in [1.82, 2.24) is 9.21 Å². The van der Waals surface area contributed by atoms with Crippen LogP contribution in [0, 0.1) is 0 Å². The third kappa shape index (κ3) is 3.74. The number of carbonyl (C=O) groups is 1. The number of thiophene rings is 1. The van der Waals surface area contributed by atoms with Gasteiger partial charge in [-0.15, -0.1) is 11.3 Å². The van der Waals surface area contributed by atoms with E-state index in [4.69, 9.17) is 0 Å². The number of sulfonamides is 1. The van der Waals surface area contributed by atoms with Gasteiger partial charge in [-0.2, -0.15) is 4.31 Å². The number of amides is 1. The first-order valence-electron chi connectivity index (χ1n) is 9.24. The third-order valence-electron chi connectivity index (χ3n) is 5.17. The first kappa shape index (κ1) is 18.5. The van der Waals surface area contributed by atoms with E-state index in [0.717, 1.165) is 43.0 Å². The number of para-hydroxylation sites is 1. The molecule has 1 amide bonds. The molecule has 0 aliphatic carbocycles. The summed E-state index contributed by atoms with van der Waals surface area (Å²) in [5.41, 5.74) is 1.60. The fraction of sp³-hybridized carbons (Fsp3) is 0.421. The second kappa shape index (κ2) is 7.61. The zero-order valence-corrected chi connectivity index (χ0v) is 16.7. The normalized spacial score (nSPS) is 18.8. The largest absolute Gasteiger partial charge is 0.369 e. The lowest BCUT2D eigenvalue weighted by molar-refractivity contribution is 0.0793. The predicted molar refractivity (Wildman–Crippen MR) is 107 cm³/mol. The van der Waals surface area contributed by atoms with Crippen LogP contribution in [0.1, 0.15) is 23.2 Å². The van der Waals surface area contributed by atoms with Crippen molar-refractivity contribution in [3.05, 3.63) is 47.3 Å². The first-order valence-corrected chi connectivity index (χ1v) is 11.6. The molecule has 6 nitrogen and oxygen atoms in total. The lowest BCUT2D eigenvalue weighted by atomic mass is 10.2. The van der Waals surface area contributed by atoms with Crippen molar-refractivity contribution in [1.29, 1.82) is 0 Å². The fourth-order valence-corrected chi connectivity index (χ4v) is 6.35. The topological polar surface area (TPSA) is 60.9 Å². The van der Waals surface area contributed by atoms with Crippen molar-refractivity contribution < 1.29 is 13.2 Å². The number of carbonyl (C=O) groups excluding carboxylic acids is 1. The maximum atomic E-state index is 13.0. The van der Waals surface area contributed by atoms with Crippen molar-refractivity contribution in [2.24, 2.45) is 0 Å². The Bertz CT molecular complexity index is 897. The third-order valence-corrected chi connectivity index (χ3v) is 8.48. The van der Waals surface area contributed by atoms with Crippen molar-refractivity contribution in [3.8, 4) is 0 Å². The molecule has 1 aromatic carbocycles. The van der Waals surface area contributed by atoms with Crippen molar-refractivity contribution >= 4 is 33.0 Å². The van der Waals surface area contributed by atoms with Crippen LogP contribution in [0.25, 0.3) is 0 Å². The number of piperazine rings is 1. The molecule has 2 aliphatic heterocycles. The molecule has 2 fully saturated rings. The molecule has 3 heterocycles. The number of hydrogen-bond acceptors (Lipinski definition) is 5. The summed E-state index contributed by atoms with van der Waals surface area (Å²) in [6.45, 7) is 3.74. The van der Waals surface area contributed by atoms with Crippen LogP contribution in [0.3, 0.4) is 0 Å². The van der Waals surface area contributed by atoms with Gasteiger partial charge >= 0.3 is 0 Å². The Morgan fingerprint density at radius 3 is 2.26 bits per heavy atom. The van der Waals surface area contributed by atoms with E-state index >= 15 is 0 Å². The zero-order chi connectivity index (χ0) is 18.9. The van der Waals surface area contributed by atoms with Crippen molar-refractivity contribution in [3.63, 3.8) is 0 Å². The fourth-order valence-electron chi connectivity index (χ4n) is 3.62. The monoisotopic (exact) mass is 405 g/mol. The Balaban J connectivity index is 1.44. The van der Waals surface area contributed by atoms with Crippen LogP contribution in [-0.4, -0.2) is 62.8 Å². The van der Waals surface area contributed by atoms with Crippen LogP contribution in [0.15, 0.2) is 46.0 Å². The molecule has 2 saturated heterocycles. The Hall–Kier alpha value is -1.90. The van der Waals surface area contributed by atoms with Gasteiger partial charge in [0.25, 0.3) is 15.9 Å². The summed E-state index contributed by atoms with van der Waals surface area (Å²) in [7, 11) is -3.55. The highest BCUT2D eigenvalue weighted by molar-refractivity contribution is 7.91. The van der Waals surface area contributed by atoms with Crippen molar-refractivity contribution in [2.75, 3.05) is 44.2 Å². The number of nitrogens with zero attached hydrogens (tertiary/aromatic N) is 3. The lowest BCUT2D eigenvalue weighted by Gasteiger charge is -2.35.